The Kier molecular flexibility index (Phi) is 6.97. The van der Waals surface area contributed by atoms with E-state index in [0.717, 1.165) is 36.0 Å². The molecule has 0 spiro atoms. The van der Waals surface area contributed by atoms with E-state index in [1.807, 2.05) is 27.7 Å². The molecule has 2 N–H and O–H groups in total. The number of pyridine rings is 1. The summed E-state index contributed by atoms with van der Waals surface area (Å²) in [5.41, 5.74) is -2.28. The molecule has 0 radical (unpaired) electrons. The number of fused-ring (bicyclic) bond motifs is 5. The number of halogens is 5. The van der Waals surface area contributed by atoms with Gasteiger partial charge < -0.3 is 10.4 Å². The fraction of sp³-hybridized carbons (Fsp3) is 0.469. The van der Waals surface area contributed by atoms with Gasteiger partial charge >= 0.3 is 11.9 Å². The topological polar surface area (TPSA) is 106 Å². The van der Waals surface area contributed by atoms with Crippen molar-refractivity contribution in [2.45, 2.75) is 83.0 Å². The quantitative estimate of drug-likeness (QED) is 0.229. The first-order chi connectivity index (χ1) is 21.3. The van der Waals surface area contributed by atoms with Gasteiger partial charge in [0.25, 0.3) is 0 Å². The molecule has 0 amide bonds. The van der Waals surface area contributed by atoms with Crippen molar-refractivity contribution in [3.05, 3.63) is 68.6 Å². The third-order valence-electron chi connectivity index (χ3n) is 9.55. The SMILES string of the molecule is CC(C)c1ncnc(C(C)C)c1-n1c(=O)nc(C2C3C4CCC(C[C@H]23)N4)c2cnc(-c3cc(O)cc(Cl)c3C(F)(F)F)c(F)c21. The average Bonchev–Trinajstić information content (AvgIpc) is 3.55. The van der Waals surface area contributed by atoms with Gasteiger partial charge in [0.15, 0.2) is 5.82 Å². The number of aromatic hydroxyl groups is 1. The van der Waals surface area contributed by atoms with Gasteiger partial charge in [-0.2, -0.15) is 18.2 Å². The van der Waals surface area contributed by atoms with Gasteiger partial charge in [-0.05, 0) is 55.1 Å². The smallest absolute Gasteiger partial charge is 0.418 e. The molecule has 45 heavy (non-hydrogen) atoms. The van der Waals surface area contributed by atoms with Gasteiger partial charge in [-0.25, -0.2) is 19.2 Å². The number of aromatic nitrogens is 5. The normalized spacial score (nSPS) is 24.1. The standard InChI is InChI=1S/C32H31ClF4N6O2/c1-12(2)25-30(26(13(3)4)40-11-39-25)43-29-18(27(42-31(43)45)22-16-7-14-5-6-20(41-14)21(16)22)10-38-28(24(29)34)17-8-15(44)9-19(33)23(17)32(35,36)37/h8-14,16,20-22,41,44H,5-7H2,1-4H3/t14?,16-,20?,21?,22?/m0/s1. The first-order valence-corrected chi connectivity index (χ1v) is 15.5. The van der Waals surface area contributed by atoms with Gasteiger partial charge in [-0.15, -0.1) is 0 Å². The molecule has 4 unspecified atom stereocenters. The van der Waals surface area contributed by atoms with Crippen LogP contribution in [0.15, 0.2) is 29.5 Å². The summed E-state index contributed by atoms with van der Waals surface area (Å²) in [4.78, 5) is 31.8. The Balaban J connectivity index is 1.57. The average molecular weight is 643 g/mol. The van der Waals surface area contributed by atoms with Crippen LogP contribution >= 0.6 is 11.6 Å². The zero-order chi connectivity index (χ0) is 32.1. The number of phenols is 1. The van der Waals surface area contributed by atoms with E-state index in [4.69, 9.17) is 11.6 Å². The Labute approximate surface area is 260 Å². The Morgan fingerprint density at radius 2 is 1.76 bits per heavy atom. The number of benzene rings is 1. The maximum absolute atomic E-state index is 17.2. The molecular weight excluding hydrogens is 612 g/mol. The molecule has 3 aliphatic rings. The molecule has 3 fully saturated rings. The first kappa shape index (κ1) is 30.0. The molecule has 2 saturated heterocycles. The van der Waals surface area contributed by atoms with Gasteiger partial charge in [0.05, 0.1) is 38.9 Å². The van der Waals surface area contributed by atoms with Gasteiger partial charge in [-0.3, -0.25) is 9.55 Å². The summed E-state index contributed by atoms with van der Waals surface area (Å²) in [6, 6.07) is 2.17. The maximum atomic E-state index is 17.2. The second-order valence-corrected chi connectivity index (χ2v) is 13.4. The van der Waals surface area contributed by atoms with E-state index in [-0.39, 0.29) is 52.2 Å². The van der Waals surface area contributed by atoms with Gasteiger partial charge in [0, 0.05) is 35.1 Å². The molecule has 7 rings (SSSR count). The van der Waals surface area contributed by atoms with Crippen molar-refractivity contribution in [1.82, 2.24) is 29.8 Å². The molecule has 8 nitrogen and oxygen atoms in total. The summed E-state index contributed by atoms with van der Waals surface area (Å²) in [6.07, 6.45) is 0.665. The van der Waals surface area contributed by atoms with Crippen LogP contribution in [0.1, 0.15) is 87.4 Å². The van der Waals surface area contributed by atoms with E-state index in [1.165, 1.54) is 12.5 Å². The van der Waals surface area contributed by atoms with Crippen LogP contribution in [0.3, 0.4) is 0 Å². The molecule has 3 aromatic heterocycles. The lowest BCUT2D eigenvalue weighted by Gasteiger charge is -2.22. The van der Waals surface area contributed by atoms with Crippen molar-refractivity contribution in [2.24, 2.45) is 11.8 Å². The Morgan fingerprint density at radius 3 is 2.40 bits per heavy atom. The lowest BCUT2D eigenvalue weighted by molar-refractivity contribution is -0.137. The minimum atomic E-state index is -4.99. The molecule has 5 heterocycles. The van der Waals surface area contributed by atoms with E-state index < -0.39 is 45.3 Å². The van der Waals surface area contributed by atoms with Crippen LogP contribution in [0.2, 0.25) is 5.02 Å². The molecule has 1 aromatic carbocycles. The van der Waals surface area contributed by atoms with Crippen molar-refractivity contribution < 1.29 is 22.7 Å². The van der Waals surface area contributed by atoms with E-state index in [1.54, 1.807) is 0 Å². The number of hydrogen-bond donors (Lipinski definition) is 2. The molecule has 1 saturated carbocycles. The summed E-state index contributed by atoms with van der Waals surface area (Å²) < 4.78 is 61.1. The van der Waals surface area contributed by atoms with Crippen molar-refractivity contribution >= 4 is 22.5 Å². The van der Waals surface area contributed by atoms with E-state index in [9.17, 15) is 23.1 Å². The highest BCUT2D eigenvalue weighted by Crippen LogP contribution is 2.63. The Morgan fingerprint density at radius 1 is 1.07 bits per heavy atom. The van der Waals surface area contributed by atoms with Crippen molar-refractivity contribution in [3.8, 4) is 22.7 Å². The number of phenolic OH excluding ortho intramolecular Hbond substituents is 1. The summed E-state index contributed by atoms with van der Waals surface area (Å²) in [5.74, 6) is -1.85. The van der Waals surface area contributed by atoms with Crippen molar-refractivity contribution in [3.63, 3.8) is 0 Å². The minimum absolute atomic E-state index is 0.119. The van der Waals surface area contributed by atoms with Gasteiger partial charge in [0.1, 0.15) is 17.8 Å². The zero-order valence-electron chi connectivity index (χ0n) is 25.0. The summed E-state index contributed by atoms with van der Waals surface area (Å²) in [7, 11) is 0. The summed E-state index contributed by atoms with van der Waals surface area (Å²) in [6.45, 7) is 7.48. The van der Waals surface area contributed by atoms with Crippen LogP contribution in [-0.4, -0.2) is 41.7 Å². The third kappa shape index (κ3) is 4.70. The van der Waals surface area contributed by atoms with Gasteiger partial charge in [-0.1, -0.05) is 39.3 Å². The number of nitrogens with one attached hydrogen (secondary N) is 1. The predicted octanol–water partition coefficient (Wildman–Crippen LogP) is 6.86. The number of hydrogen-bond acceptors (Lipinski definition) is 7. The fourth-order valence-electron chi connectivity index (χ4n) is 7.70. The molecule has 4 aromatic rings. The molecule has 2 aliphatic heterocycles. The highest BCUT2D eigenvalue weighted by molar-refractivity contribution is 6.32. The number of piperidine rings is 1. The van der Waals surface area contributed by atoms with E-state index in [0.29, 0.717) is 23.1 Å². The van der Waals surface area contributed by atoms with Crippen LogP contribution in [0.5, 0.6) is 5.75 Å². The van der Waals surface area contributed by atoms with Crippen LogP contribution in [0, 0.1) is 17.7 Å². The van der Waals surface area contributed by atoms with E-state index in [2.05, 4.69) is 25.3 Å². The van der Waals surface area contributed by atoms with Crippen LogP contribution in [0.25, 0.3) is 27.8 Å². The van der Waals surface area contributed by atoms with Crippen molar-refractivity contribution in [1.29, 1.82) is 0 Å². The monoisotopic (exact) mass is 642 g/mol. The van der Waals surface area contributed by atoms with Crippen LogP contribution in [-0.2, 0) is 6.18 Å². The highest BCUT2D eigenvalue weighted by Gasteiger charge is 2.61. The lowest BCUT2D eigenvalue weighted by atomic mass is 9.98. The Bertz CT molecular complexity index is 1900. The number of rotatable bonds is 5. The molecule has 1 aliphatic carbocycles. The van der Waals surface area contributed by atoms with Gasteiger partial charge in [0.2, 0.25) is 0 Å². The third-order valence-corrected chi connectivity index (χ3v) is 9.85. The second kappa shape index (κ2) is 10.4. The van der Waals surface area contributed by atoms with Crippen LogP contribution < -0.4 is 11.0 Å². The number of alkyl halides is 3. The molecule has 5 atom stereocenters. The molecule has 2 bridgehead atoms. The van der Waals surface area contributed by atoms with Crippen LogP contribution in [0.4, 0.5) is 17.6 Å². The van der Waals surface area contributed by atoms with Crippen molar-refractivity contribution in [2.75, 3.05) is 0 Å². The first-order valence-electron chi connectivity index (χ1n) is 15.1. The highest BCUT2D eigenvalue weighted by atomic mass is 35.5. The number of nitrogens with zero attached hydrogens (tertiary/aromatic N) is 5. The summed E-state index contributed by atoms with van der Waals surface area (Å²) >= 11 is 5.96. The summed E-state index contributed by atoms with van der Waals surface area (Å²) in [5, 5.41) is 13.3. The maximum Gasteiger partial charge on any atom is 0.418 e. The molecule has 13 heteroatoms. The molecular formula is C32H31ClF4N6O2. The largest absolute Gasteiger partial charge is 0.508 e. The Hall–Kier alpha value is -3.64. The molecule has 236 valence electrons. The fourth-order valence-corrected chi connectivity index (χ4v) is 8.02. The minimum Gasteiger partial charge on any atom is -0.508 e. The lowest BCUT2D eigenvalue weighted by Crippen LogP contribution is -2.35. The van der Waals surface area contributed by atoms with E-state index >= 15 is 4.39 Å². The predicted molar refractivity (Wildman–Crippen MR) is 160 cm³/mol. The second-order valence-electron chi connectivity index (χ2n) is 13.0. The zero-order valence-corrected chi connectivity index (χ0v) is 25.7.